The van der Waals surface area contributed by atoms with Gasteiger partial charge in [0, 0.05) is 11.6 Å². The zero-order valence-electron chi connectivity index (χ0n) is 11.9. The normalized spacial score (nSPS) is 12.0. The Balaban J connectivity index is 2.08. The van der Waals surface area contributed by atoms with Gasteiger partial charge in [-0.15, -0.1) is 0 Å². The molecule has 0 bridgehead atoms. The fraction of sp³-hybridized carbons (Fsp3) is 0.143. The fourth-order valence-corrected chi connectivity index (χ4v) is 3.49. The molecule has 7 nitrogen and oxygen atoms in total. The van der Waals surface area contributed by atoms with E-state index in [4.69, 9.17) is 16.0 Å². The highest BCUT2D eigenvalue weighted by Crippen LogP contribution is 2.22. The van der Waals surface area contributed by atoms with Crippen LogP contribution < -0.4 is 4.80 Å². The maximum Gasteiger partial charge on any atom is 0.433 e. The van der Waals surface area contributed by atoms with Gasteiger partial charge in [0.2, 0.25) is 5.76 Å². The average molecular weight is 352 g/mol. The van der Waals surface area contributed by atoms with Crippen LogP contribution in [0.2, 0.25) is 5.02 Å². The van der Waals surface area contributed by atoms with Gasteiger partial charge >= 0.3 is 11.8 Å². The van der Waals surface area contributed by atoms with Crippen LogP contribution >= 0.6 is 22.9 Å². The van der Waals surface area contributed by atoms with Crippen molar-refractivity contribution in [1.29, 1.82) is 0 Å². The summed E-state index contributed by atoms with van der Waals surface area (Å²) >= 11 is 7.29. The van der Waals surface area contributed by atoms with Crippen molar-refractivity contribution in [3.63, 3.8) is 0 Å². The van der Waals surface area contributed by atoms with Gasteiger partial charge in [0.15, 0.2) is 4.80 Å². The Morgan fingerprint density at radius 2 is 2.22 bits per heavy atom. The van der Waals surface area contributed by atoms with Crippen LogP contribution in [0.1, 0.15) is 17.5 Å². The number of halogens is 1. The number of furan rings is 1. The van der Waals surface area contributed by atoms with E-state index in [2.05, 4.69) is 4.99 Å². The first-order valence-corrected chi connectivity index (χ1v) is 7.81. The molecular formula is C14H10ClN3O4S. The van der Waals surface area contributed by atoms with Gasteiger partial charge in [-0.3, -0.25) is 14.9 Å². The molecule has 1 aromatic carbocycles. The number of carbonyl (C=O) groups excluding carboxylic acids is 1. The number of rotatable bonds is 3. The number of aromatic nitrogens is 1. The zero-order chi connectivity index (χ0) is 16.6. The monoisotopic (exact) mass is 351 g/mol. The van der Waals surface area contributed by atoms with Crippen LogP contribution in [0.25, 0.3) is 10.2 Å². The third kappa shape index (κ3) is 2.90. The molecule has 0 spiro atoms. The summed E-state index contributed by atoms with van der Waals surface area (Å²) < 4.78 is 7.64. The third-order valence-electron chi connectivity index (χ3n) is 3.14. The molecule has 9 heteroatoms. The van der Waals surface area contributed by atoms with Gasteiger partial charge < -0.3 is 8.98 Å². The first-order valence-electron chi connectivity index (χ1n) is 6.61. The lowest BCUT2D eigenvalue weighted by molar-refractivity contribution is -0.402. The molecule has 0 aliphatic carbocycles. The van der Waals surface area contributed by atoms with Crippen molar-refractivity contribution in [3.05, 3.63) is 56.0 Å². The van der Waals surface area contributed by atoms with Crippen LogP contribution in [0, 0.1) is 10.1 Å². The van der Waals surface area contributed by atoms with Crippen LogP contribution in [0.3, 0.4) is 0 Å². The lowest BCUT2D eigenvalue weighted by Gasteiger charge is -1.99. The molecule has 0 N–H and O–H groups in total. The first kappa shape index (κ1) is 15.4. The Hall–Kier alpha value is -2.45. The molecule has 118 valence electrons. The molecule has 3 rings (SSSR count). The van der Waals surface area contributed by atoms with Crippen molar-refractivity contribution >= 4 is 44.9 Å². The fourth-order valence-electron chi connectivity index (χ4n) is 2.12. The van der Waals surface area contributed by atoms with E-state index in [1.54, 1.807) is 12.1 Å². The molecule has 0 atom stereocenters. The summed E-state index contributed by atoms with van der Waals surface area (Å²) in [7, 11) is 0. The van der Waals surface area contributed by atoms with Crippen LogP contribution in [0.5, 0.6) is 0 Å². The van der Waals surface area contributed by atoms with Gasteiger partial charge in [-0.25, -0.2) is 0 Å². The van der Waals surface area contributed by atoms with Gasteiger partial charge in [0.05, 0.1) is 16.3 Å². The van der Waals surface area contributed by atoms with Gasteiger partial charge in [0.25, 0.3) is 0 Å². The highest BCUT2D eigenvalue weighted by molar-refractivity contribution is 7.16. The van der Waals surface area contributed by atoms with Gasteiger partial charge in [-0.2, -0.15) is 4.99 Å². The van der Waals surface area contributed by atoms with Crippen molar-refractivity contribution in [2.24, 2.45) is 4.99 Å². The summed E-state index contributed by atoms with van der Waals surface area (Å²) in [6.45, 7) is 2.55. The summed E-state index contributed by atoms with van der Waals surface area (Å²) in [5, 5.41) is 11.2. The molecule has 1 amide bonds. The number of aryl methyl sites for hydroxylation is 1. The lowest BCUT2D eigenvalue weighted by Crippen LogP contribution is -2.15. The zero-order valence-corrected chi connectivity index (χ0v) is 13.4. The Labute approximate surface area is 138 Å². The molecule has 0 fully saturated rings. The summed E-state index contributed by atoms with van der Waals surface area (Å²) in [6, 6.07) is 7.80. The number of nitro groups is 1. The number of carbonyl (C=O) groups is 1. The highest BCUT2D eigenvalue weighted by atomic mass is 35.5. The molecule has 2 aromatic heterocycles. The van der Waals surface area contributed by atoms with Gasteiger partial charge in [-0.1, -0.05) is 22.9 Å². The molecule has 3 aromatic rings. The van der Waals surface area contributed by atoms with E-state index in [-0.39, 0.29) is 5.76 Å². The Bertz CT molecular complexity index is 985. The lowest BCUT2D eigenvalue weighted by atomic mass is 10.3. The molecular weight excluding hydrogens is 342 g/mol. The standard InChI is InChI=1S/C14H10ClN3O4S/c1-2-17-9-4-3-8(15)7-11(9)23-14(17)16-13(19)10-5-6-12(22-10)18(20)21/h3-7H,2H2,1H3. The van der Waals surface area contributed by atoms with E-state index in [0.29, 0.717) is 16.4 Å². The van der Waals surface area contributed by atoms with Crippen molar-refractivity contribution < 1.29 is 14.1 Å². The van der Waals surface area contributed by atoms with Crippen molar-refractivity contribution in [2.75, 3.05) is 0 Å². The number of benzene rings is 1. The third-order valence-corrected chi connectivity index (χ3v) is 4.42. The predicted molar refractivity (Wildman–Crippen MR) is 85.8 cm³/mol. The Kier molecular flexibility index (Phi) is 4.01. The minimum Gasteiger partial charge on any atom is -0.395 e. The SMILES string of the molecule is CCn1c(=NC(=O)c2ccc([N+](=O)[O-])o2)sc2cc(Cl)ccc21. The molecule has 0 aliphatic heterocycles. The minimum atomic E-state index is -0.704. The number of hydrogen-bond acceptors (Lipinski definition) is 5. The quantitative estimate of drug-likeness (QED) is 0.532. The topological polar surface area (TPSA) is 90.6 Å². The molecule has 2 heterocycles. The Morgan fingerprint density at radius 3 is 2.87 bits per heavy atom. The van der Waals surface area contributed by atoms with Gasteiger partial charge in [-0.05, 0) is 31.2 Å². The van der Waals surface area contributed by atoms with Crippen LogP contribution in [-0.2, 0) is 6.54 Å². The first-order chi connectivity index (χ1) is 11.0. The number of hydrogen-bond donors (Lipinski definition) is 0. The molecule has 0 saturated heterocycles. The maximum absolute atomic E-state index is 12.1. The summed E-state index contributed by atoms with van der Waals surface area (Å²) in [6.07, 6.45) is 0. The number of thiazole rings is 1. The number of nitrogens with zero attached hydrogens (tertiary/aromatic N) is 3. The molecule has 23 heavy (non-hydrogen) atoms. The van der Waals surface area contributed by atoms with E-state index in [1.807, 2.05) is 17.6 Å². The van der Waals surface area contributed by atoms with Crippen LogP contribution in [0.15, 0.2) is 39.7 Å². The van der Waals surface area contributed by atoms with Crippen molar-refractivity contribution in [2.45, 2.75) is 13.5 Å². The average Bonchev–Trinajstić information content (AvgIpc) is 3.10. The van der Waals surface area contributed by atoms with E-state index >= 15 is 0 Å². The summed E-state index contributed by atoms with van der Waals surface area (Å²) in [5.41, 5.74) is 0.916. The molecule has 0 unspecified atom stereocenters. The van der Waals surface area contributed by atoms with E-state index in [0.717, 1.165) is 16.3 Å². The second-order valence-corrected chi connectivity index (χ2v) is 6.00. The maximum atomic E-state index is 12.1. The summed E-state index contributed by atoms with van der Waals surface area (Å²) in [4.78, 5) is 26.5. The molecule has 0 aliphatic rings. The van der Waals surface area contributed by atoms with Crippen LogP contribution in [0.4, 0.5) is 5.88 Å². The van der Waals surface area contributed by atoms with Crippen molar-refractivity contribution in [1.82, 2.24) is 4.57 Å². The van der Waals surface area contributed by atoms with E-state index in [9.17, 15) is 14.9 Å². The smallest absolute Gasteiger partial charge is 0.395 e. The second kappa shape index (κ2) is 5.98. The largest absolute Gasteiger partial charge is 0.433 e. The molecule has 0 radical (unpaired) electrons. The van der Waals surface area contributed by atoms with Gasteiger partial charge in [0.1, 0.15) is 4.92 Å². The van der Waals surface area contributed by atoms with Crippen LogP contribution in [-0.4, -0.2) is 15.4 Å². The number of fused-ring (bicyclic) bond motifs is 1. The number of amides is 1. The highest BCUT2D eigenvalue weighted by Gasteiger charge is 2.17. The second-order valence-electron chi connectivity index (χ2n) is 4.55. The van der Waals surface area contributed by atoms with E-state index in [1.165, 1.54) is 17.4 Å². The molecule has 0 saturated carbocycles. The van der Waals surface area contributed by atoms with Crippen molar-refractivity contribution in [3.8, 4) is 0 Å². The summed E-state index contributed by atoms with van der Waals surface area (Å²) in [5.74, 6) is -1.33. The Morgan fingerprint density at radius 1 is 1.43 bits per heavy atom. The van der Waals surface area contributed by atoms with E-state index < -0.39 is 16.7 Å². The predicted octanol–water partition coefficient (Wildman–Crippen LogP) is 3.62. The minimum absolute atomic E-state index is 0.171.